The fourth-order valence-electron chi connectivity index (χ4n) is 5.24. The Labute approximate surface area is 229 Å². The maximum Gasteiger partial charge on any atom is 0.221 e. The Morgan fingerprint density at radius 2 is 1.68 bits per heavy atom. The van der Waals surface area contributed by atoms with Crippen LogP contribution < -0.4 is 20.4 Å². The van der Waals surface area contributed by atoms with Gasteiger partial charge in [-0.05, 0) is 98.4 Å². The van der Waals surface area contributed by atoms with Crippen LogP contribution in [0.3, 0.4) is 0 Å². The summed E-state index contributed by atoms with van der Waals surface area (Å²) >= 11 is 5.90. The molecule has 5 rings (SSSR count). The van der Waals surface area contributed by atoms with Gasteiger partial charge < -0.3 is 25.0 Å². The molecule has 8 heteroatoms. The number of hydrogen-bond acceptors (Lipinski definition) is 4. The average Bonchev–Trinajstić information content (AvgIpc) is 3.39. The summed E-state index contributed by atoms with van der Waals surface area (Å²) in [6.07, 6.45) is 1.82. The van der Waals surface area contributed by atoms with Crippen LogP contribution >= 0.6 is 12.2 Å². The molecule has 1 fully saturated rings. The quantitative estimate of drug-likeness (QED) is 0.316. The first kappa shape index (κ1) is 25.5. The van der Waals surface area contributed by atoms with E-state index in [1.807, 2.05) is 62.8 Å². The molecule has 1 saturated heterocycles. The third-order valence-corrected chi connectivity index (χ3v) is 7.29. The van der Waals surface area contributed by atoms with Crippen molar-refractivity contribution >= 4 is 40.3 Å². The van der Waals surface area contributed by atoms with Crippen molar-refractivity contribution in [2.45, 2.75) is 32.9 Å². The van der Waals surface area contributed by atoms with E-state index in [1.165, 1.54) is 12.5 Å². The molecule has 7 nitrogen and oxygen atoms in total. The first-order valence-corrected chi connectivity index (χ1v) is 13.0. The van der Waals surface area contributed by atoms with Crippen LogP contribution in [0.5, 0.6) is 0 Å². The number of nitrogens with one attached hydrogen (secondary N) is 2. The SMILES string of the molecule is CC(=O)Nc1ccc(N2C(=S)N[C@H](c3ccccn3)[C@H]2c2cc(C)n(-c3ccc(N(C)C)cc3)c2C)cc1. The number of nitrogens with zero attached hydrogens (tertiary/aromatic N) is 4. The minimum Gasteiger partial charge on any atom is -0.378 e. The Hall–Kier alpha value is -4.17. The molecule has 0 spiro atoms. The molecule has 1 aliphatic heterocycles. The molecule has 2 aromatic carbocycles. The summed E-state index contributed by atoms with van der Waals surface area (Å²) < 4.78 is 2.30. The summed E-state index contributed by atoms with van der Waals surface area (Å²) in [6, 6.07) is 24.3. The zero-order valence-corrected chi connectivity index (χ0v) is 23.1. The molecule has 194 valence electrons. The normalized spacial score (nSPS) is 16.9. The minimum absolute atomic E-state index is 0.102. The Kier molecular flexibility index (Phi) is 6.91. The van der Waals surface area contributed by atoms with Gasteiger partial charge in [0.05, 0.1) is 17.8 Å². The lowest BCUT2D eigenvalue weighted by Gasteiger charge is -2.28. The number of rotatable bonds is 6. The van der Waals surface area contributed by atoms with Crippen molar-refractivity contribution in [3.05, 3.63) is 102 Å². The minimum atomic E-state index is -0.135. The zero-order chi connectivity index (χ0) is 27.0. The van der Waals surface area contributed by atoms with Crippen LogP contribution in [0.4, 0.5) is 17.1 Å². The molecular weight excluding hydrogens is 492 g/mol. The Balaban J connectivity index is 1.61. The monoisotopic (exact) mass is 524 g/mol. The molecular formula is C30H32N6OS. The fourth-order valence-corrected chi connectivity index (χ4v) is 5.59. The van der Waals surface area contributed by atoms with E-state index in [9.17, 15) is 4.79 Å². The summed E-state index contributed by atoms with van der Waals surface area (Å²) in [4.78, 5) is 20.5. The zero-order valence-electron chi connectivity index (χ0n) is 22.3. The van der Waals surface area contributed by atoms with Crippen LogP contribution in [0.25, 0.3) is 5.69 Å². The molecule has 0 saturated carbocycles. The summed E-state index contributed by atoms with van der Waals surface area (Å²) in [5.74, 6) is -0.102. The number of benzene rings is 2. The van der Waals surface area contributed by atoms with Crippen molar-refractivity contribution in [1.82, 2.24) is 14.9 Å². The number of amides is 1. The van der Waals surface area contributed by atoms with Crippen molar-refractivity contribution in [2.24, 2.45) is 0 Å². The van der Waals surface area contributed by atoms with Crippen LogP contribution in [0.15, 0.2) is 79.0 Å². The van der Waals surface area contributed by atoms with Gasteiger partial charge in [-0.25, -0.2) is 0 Å². The van der Waals surface area contributed by atoms with Gasteiger partial charge in [-0.3, -0.25) is 9.78 Å². The predicted molar refractivity (Wildman–Crippen MR) is 158 cm³/mol. The summed E-state index contributed by atoms with van der Waals surface area (Å²) in [5, 5.41) is 7.02. The predicted octanol–water partition coefficient (Wildman–Crippen LogP) is 5.69. The highest BCUT2D eigenvalue weighted by Crippen LogP contribution is 2.44. The maximum atomic E-state index is 11.5. The third kappa shape index (κ3) is 4.75. The molecule has 1 aliphatic rings. The van der Waals surface area contributed by atoms with E-state index in [-0.39, 0.29) is 18.0 Å². The summed E-state index contributed by atoms with van der Waals surface area (Å²) in [6.45, 7) is 5.81. The van der Waals surface area contributed by atoms with Crippen molar-refractivity contribution < 1.29 is 4.79 Å². The number of pyridine rings is 1. The molecule has 2 atom stereocenters. The average molecular weight is 525 g/mol. The molecule has 0 bridgehead atoms. The number of carbonyl (C=O) groups excluding carboxylic acids is 1. The molecule has 38 heavy (non-hydrogen) atoms. The first-order valence-electron chi connectivity index (χ1n) is 12.6. The van der Waals surface area contributed by atoms with E-state index < -0.39 is 0 Å². The van der Waals surface area contributed by atoms with Gasteiger partial charge >= 0.3 is 0 Å². The lowest BCUT2D eigenvalue weighted by Crippen LogP contribution is -2.29. The van der Waals surface area contributed by atoms with E-state index in [4.69, 9.17) is 12.2 Å². The van der Waals surface area contributed by atoms with Gasteiger partial charge in [0.1, 0.15) is 0 Å². The number of anilines is 3. The van der Waals surface area contributed by atoms with Crippen LogP contribution in [0, 0.1) is 13.8 Å². The van der Waals surface area contributed by atoms with Crippen molar-refractivity contribution in [1.29, 1.82) is 0 Å². The lowest BCUT2D eigenvalue weighted by atomic mass is 9.96. The van der Waals surface area contributed by atoms with Crippen LogP contribution in [0.2, 0.25) is 0 Å². The highest BCUT2D eigenvalue weighted by atomic mass is 32.1. The van der Waals surface area contributed by atoms with E-state index in [1.54, 1.807) is 0 Å². The van der Waals surface area contributed by atoms with E-state index in [0.717, 1.165) is 39.8 Å². The standard InChI is InChI=1S/C30H32N6OS/c1-19-18-26(20(2)35(19)24-15-13-23(14-16-24)34(4)5)29-28(27-8-6-7-17-31-27)33-30(38)36(29)25-11-9-22(10-12-25)32-21(3)37/h6-18,28-29H,1-5H3,(H,32,37)(H,33,38)/t28-,29-/m1/s1. The molecule has 3 heterocycles. The Morgan fingerprint density at radius 1 is 1.00 bits per heavy atom. The number of aryl methyl sites for hydroxylation is 1. The van der Waals surface area contributed by atoms with Crippen LogP contribution in [-0.2, 0) is 4.79 Å². The van der Waals surface area contributed by atoms with E-state index in [2.05, 4.69) is 74.2 Å². The Morgan fingerprint density at radius 3 is 2.29 bits per heavy atom. The van der Waals surface area contributed by atoms with Gasteiger partial charge in [-0.15, -0.1) is 0 Å². The number of aromatic nitrogens is 2. The summed E-state index contributed by atoms with van der Waals surface area (Å²) in [5.41, 5.74) is 8.37. The molecule has 2 N–H and O–H groups in total. The molecule has 1 amide bonds. The number of carbonyl (C=O) groups is 1. The fraction of sp³-hybridized carbons (Fsp3) is 0.233. The highest BCUT2D eigenvalue weighted by Gasteiger charge is 2.42. The van der Waals surface area contributed by atoms with E-state index in [0.29, 0.717) is 5.11 Å². The second kappa shape index (κ2) is 10.3. The van der Waals surface area contributed by atoms with Crippen LogP contribution in [0.1, 0.15) is 41.7 Å². The molecule has 0 radical (unpaired) electrons. The third-order valence-electron chi connectivity index (χ3n) is 6.98. The molecule has 4 aromatic rings. The first-order chi connectivity index (χ1) is 18.2. The number of hydrogen-bond donors (Lipinski definition) is 2. The van der Waals surface area contributed by atoms with Gasteiger partial charge in [0, 0.05) is 61.4 Å². The lowest BCUT2D eigenvalue weighted by molar-refractivity contribution is -0.114. The van der Waals surface area contributed by atoms with Crippen molar-refractivity contribution in [3.8, 4) is 5.69 Å². The topological polar surface area (TPSA) is 65.4 Å². The smallest absolute Gasteiger partial charge is 0.221 e. The second-order valence-corrected chi connectivity index (χ2v) is 10.2. The van der Waals surface area contributed by atoms with Gasteiger partial charge in [0.25, 0.3) is 0 Å². The maximum absolute atomic E-state index is 11.5. The van der Waals surface area contributed by atoms with Gasteiger partial charge in [-0.1, -0.05) is 6.07 Å². The van der Waals surface area contributed by atoms with Gasteiger partial charge in [-0.2, -0.15) is 0 Å². The van der Waals surface area contributed by atoms with Gasteiger partial charge in [0.15, 0.2) is 5.11 Å². The molecule has 2 aromatic heterocycles. The largest absolute Gasteiger partial charge is 0.378 e. The second-order valence-electron chi connectivity index (χ2n) is 9.80. The summed E-state index contributed by atoms with van der Waals surface area (Å²) in [7, 11) is 4.09. The van der Waals surface area contributed by atoms with Crippen LogP contribution in [-0.4, -0.2) is 34.7 Å². The van der Waals surface area contributed by atoms with Gasteiger partial charge in [0.2, 0.25) is 5.91 Å². The van der Waals surface area contributed by atoms with E-state index >= 15 is 0 Å². The van der Waals surface area contributed by atoms with Crippen molar-refractivity contribution in [2.75, 3.05) is 29.2 Å². The Bertz CT molecular complexity index is 1460. The highest BCUT2D eigenvalue weighted by molar-refractivity contribution is 7.80. The van der Waals surface area contributed by atoms with Crippen molar-refractivity contribution in [3.63, 3.8) is 0 Å². The molecule has 0 aliphatic carbocycles. The number of thiocarbonyl (C=S) groups is 1. The molecule has 0 unspecified atom stereocenters.